The van der Waals surface area contributed by atoms with Crippen LogP contribution in [0.25, 0.3) is 0 Å². The Bertz CT molecular complexity index is 423. The molecule has 0 unspecified atom stereocenters. The van der Waals surface area contributed by atoms with E-state index in [0.29, 0.717) is 23.3 Å². The lowest BCUT2D eigenvalue weighted by Gasteiger charge is -2.51. The lowest BCUT2D eigenvalue weighted by atomic mass is 9.54. The summed E-state index contributed by atoms with van der Waals surface area (Å²) < 4.78 is 0.739. The molecule has 2 aliphatic carbocycles. The van der Waals surface area contributed by atoms with Crippen LogP contribution in [0, 0.1) is 17.3 Å². The highest BCUT2D eigenvalue weighted by Gasteiger charge is 2.64. The lowest BCUT2D eigenvalue weighted by Crippen LogP contribution is -2.57. The van der Waals surface area contributed by atoms with Gasteiger partial charge in [-0.25, -0.2) is 0 Å². The molecule has 0 spiro atoms. The lowest BCUT2D eigenvalue weighted by molar-refractivity contribution is -1.09. The first-order chi connectivity index (χ1) is 8.67. The van der Waals surface area contributed by atoms with Gasteiger partial charge in [0.2, 0.25) is 0 Å². The van der Waals surface area contributed by atoms with Crippen molar-refractivity contribution < 1.29 is 9.48 Å². The molecule has 1 heterocycles. The summed E-state index contributed by atoms with van der Waals surface area (Å²) in [5.74, 6) is 1.40. The minimum atomic E-state index is 0.0211. The van der Waals surface area contributed by atoms with Gasteiger partial charge in [0.25, 0.3) is 0 Å². The molecule has 0 N–H and O–H groups in total. The van der Waals surface area contributed by atoms with Crippen molar-refractivity contribution >= 4 is 0 Å². The summed E-state index contributed by atoms with van der Waals surface area (Å²) in [5.41, 5.74) is 2.14. The number of allylic oxidation sites excluding steroid dienone is 1. The van der Waals surface area contributed by atoms with Crippen LogP contribution in [0.4, 0.5) is 0 Å². The van der Waals surface area contributed by atoms with Crippen molar-refractivity contribution in [1.29, 1.82) is 0 Å². The summed E-state index contributed by atoms with van der Waals surface area (Å²) in [6.07, 6.45) is 7.82. The maximum Gasteiger partial charge on any atom is 0.131 e. The third-order valence-corrected chi connectivity index (χ3v) is 6.28. The van der Waals surface area contributed by atoms with Gasteiger partial charge in [0.1, 0.15) is 11.6 Å². The molecule has 0 amide bonds. The maximum absolute atomic E-state index is 6.44. The number of hydrogen-bond acceptors (Lipinski definition) is 1. The summed E-state index contributed by atoms with van der Waals surface area (Å²) >= 11 is 0. The SMILES string of the molecule is CC1=CCC[C@]2(C)CC[C@@H]3[C@@H]([C@@H]12)[N+](C)(C)OC3(C)C. The van der Waals surface area contributed by atoms with Crippen LogP contribution in [0.2, 0.25) is 0 Å². The number of fused-ring (bicyclic) bond motifs is 3. The van der Waals surface area contributed by atoms with Gasteiger partial charge >= 0.3 is 0 Å². The monoisotopic (exact) mass is 264 g/mol. The van der Waals surface area contributed by atoms with Gasteiger partial charge in [-0.1, -0.05) is 18.6 Å². The zero-order valence-corrected chi connectivity index (χ0v) is 13.5. The minimum Gasteiger partial charge on any atom is -0.197 e. The molecular formula is C17H30NO+. The molecule has 0 radical (unpaired) electrons. The predicted molar refractivity (Wildman–Crippen MR) is 78.4 cm³/mol. The number of quaternary nitrogens is 1. The maximum atomic E-state index is 6.44. The molecule has 108 valence electrons. The van der Waals surface area contributed by atoms with E-state index in [-0.39, 0.29) is 5.60 Å². The summed E-state index contributed by atoms with van der Waals surface area (Å²) in [4.78, 5) is 6.44. The molecule has 19 heavy (non-hydrogen) atoms. The van der Waals surface area contributed by atoms with Crippen LogP contribution >= 0.6 is 0 Å². The highest BCUT2D eigenvalue weighted by Crippen LogP contribution is 2.59. The Balaban J connectivity index is 2.07. The zero-order chi connectivity index (χ0) is 14.1. The highest BCUT2D eigenvalue weighted by molar-refractivity contribution is 5.19. The van der Waals surface area contributed by atoms with E-state index in [1.165, 1.54) is 25.7 Å². The Morgan fingerprint density at radius 3 is 2.58 bits per heavy atom. The molecule has 0 aromatic rings. The summed E-state index contributed by atoms with van der Waals surface area (Å²) in [6, 6.07) is 0.630. The molecule has 3 aliphatic rings. The van der Waals surface area contributed by atoms with Crippen LogP contribution < -0.4 is 0 Å². The Labute approximate surface area is 118 Å². The number of hydrogen-bond donors (Lipinski definition) is 0. The third kappa shape index (κ3) is 1.83. The van der Waals surface area contributed by atoms with Crippen molar-refractivity contribution in [3.05, 3.63) is 11.6 Å². The van der Waals surface area contributed by atoms with Crippen LogP contribution in [-0.2, 0) is 4.84 Å². The van der Waals surface area contributed by atoms with Gasteiger partial charge in [-0.3, -0.25) is 0 Å². The van der Waals surface area contributed by atoms with Gasteiger partial charge in [0.15, 0.2) is 0 Å². The van der Waals surface area contributed by atoms with Crippen molar-refractivity contribution in [1.82, 2.24) is 0 Å². The van der Waals surface area contributed by atoms with Crippen LogP contribution in [0.15, 0.2) is 11.6 Å². The first kappa shape index (κ1) is 13.6. The Morgan fingerprint density at radius 2 is 1.89 bits per heavy atom. The fourth-order valence-corrected chi connectivity index (χ4v) is 5.60. The molecule has 4 atom stereocenters. The van der Waals surface area contributed by atoms with E-state index in [1.807, 2.05) is 0 Å². The molecular weight excluding hydrogens is 234 g/mol. The average Bonchev–Trinajstić information content (AvgIpc) is 2.43. The molecule has 2 fully saturated rings. The highest BCUT2D eigenvalue weighted by atomic mass is 16.7. The smallest absolute Gasteiger partial charge is 0.131 e. The first-order valence-electron chi connectivity index (χ1n) is 7.88. The fraction of sp³-hybridized carbons (Fsp3) is 0.882. The molecule has 3 rings (SSSR count). The van der Waals surface area contributed by atoms with Crippen LogP contribution in [0.3, 0.4) is 0 Å². The number of hydroxylamine groups is 3. The molecule has 0 aromatic heterocycles. The molecule has 2 nitrogen and oxygen atoms in total. The third-order valence-electron chi connectivity index (χ3n) is 6.28. The van der Waals surface area contributed by atoms with Crippen LogP contribution in [0.5, 0.6) is 0 Å². The van der Waals surface area contributed by atoms with Gasteiger partial charge in [0, 0.05) is 11.8 Å². The van der Waals surface area contributed by atoms with E-state index >= 15 is 0 Å². The normalized spacial score (nSPS) is 47.3. The van der Waals surface area contributed by atoms with Crippen molar-refractivity contribution in [2.45, 2.75) is 65.0 Å². The topological polar surface area (TPSA) is 9.23 Å². The van der Waals surface area contributed by atoms with Crippen molar-refractivity contribution in [2.75, 3.05) is 14.1 Å². The molecule has 1 aliphatic heterocycles. The van der Waals surface area contributed by atoms with E-state index in [4.69, 9.17) is 4.84 Å². The molecule has 2 heteroatoms. The molecule has 1 saturated heterocycles. The van der Waals surface area contributed by atoms with Crippen molar-refractivity contribution in [2.24, 2.45) is 17.3 Å². The van der Waals surface area contributed by atoms with Gasteiger partial charge < -0.3 is 0 Å². The second-order valence-electron chi connectivity index (χ2n) is 8.38. The van der Waals surface area contributed by atoms with Gasteiger partial charge in [0.05, 0.1) is 14.1 Å². The number of rotatable bonds is 0. The first-order valence-corrected chi connectivity index (χ1v) is 7.88. The summed E-state index contributed by atoms with van der Waals surface area (Å²) in [7, 11) is 4.53. The Hall–Kier alpha value is -0.340. The summed E-state index contributed by atoms with van der Waals surface area (Å²) in [5, 5.41) is 0. The molecule has 1 saturated carbocycles. The Kier molecular flexibility index (Phi) is 2.77. The van der Waals surface area contributed by atoms with Crippen molar-refractivity contribution in [3.63, 3.8) is 0 Å². The standard InChI is InChI=1S/C17H30NO/c1-12-8-7-10-17(4)11-9-13-15(14(12)17)18(5,6)19-16(13,2)3/h8,13-15H,7,9-11H2,1-6H3/q+1/t13-,14-,15+,17-/m1/s1. The number of nitrogens with zero attached hydrogens (tertiary/aromatic N) is 1. The quantitative estimate of drug-likeness (QED) is 0.476. The second kappa shape index (κ2) is 3.85. The predicted octanol–water partition coefficient (Wildman–Crippen LogP) is 3.93. The van der Waals surface area contributed by atoms with Gasteiger partial charge in [-0.2, -0.15) is 9.48 Å². The van der Waals surface area contributed by atoms with Crippen LogP contribution in [0.1, 0.15) is 53.4 Å². The molecule has 0 bridgehead atoms. The van der Waals surface area contributed by atoms with Gasteiger partial charge in [-0.15, -0.1) is 0 Å². The minimum absolute atomic E-state index is 0.0211. The molecule has 0 aromatic carbocycles. The van der Waals surface area contributed by atoms with Crippen molar-refractivity contribution in [3.8, 4) is 0 Å². The van der Waals surface area contributed by atoms with E-state index in [0.717, 1.165) is 4.65 Å². The van der Waals surface area contributed by atoms with E-state index in [9.17, 15) is 0 Å². The largest absolute Gasteiger partial charge is 0.197 e. The second-order valence-corrected chi connectivity index (χ2v) is 8.38. The van der Waals surface area contributed by atoms with E-state index in [1.54, 1.807) is 5.57 Å². The van der Waals surface area contributed by atoms with Crippen LogP contribution in [-0.4, -0.2) is 30.4 Å². The van der Waals surface area contributed by atoms with Gasteiger partial charge in [-0.05, 0) is 51.9 Å². The summed E-state index contributed by atoms with van der Waals surface area (Å²) in [6.45, 7) is 9.47. The van der Waals surface area contributed by atoms with E-state index in [2.05, 4.69) is 47.9 Å². The zero-order valence-electron chi connectivity index (χ0n) is 13.5. The average molecular weight is 264 g/mol. The fourth-order valence-electron chi connectivity index (χ4n) is 5.60. The van der Waals surface area contributed by atoms with E-state index < -0.39 is 0 Å². The Morgan fingerprint density at radius 1 is 1.21 bits per heavy atom.